The summed E-state index contributed by atoms with van der Waals surface area (Å²) < 4.78 is 11.4. The van der Waals surface area contributed by atoms with Crippen LogP contribution in [0, 0.1) is 0 Å². The lowest BCUT2D eigenvalue weighted by molar-refractivity contribution is 0.302. The summed E-state index contributed by atoms with van der Waals surface area (Å²) in [7, 11) is 0. The Balaban J connectivity index is 1.66. The van der Waals surface area contributed by atoms with Crippen molar-refractivity contribution >= 4 is 17.0 Å². The summed E-state index contributed by atoms with van der Waals surface area (Å²) in [6, 6.07) is 11.9. The van der Waals surface area contributed by atoms with Crippen LogP contribution >= 0.6 is 11.3 Å². The number of hydrogen-bond acceptors (Lipinski definition) is 5. The molecule has 1 N–H and O–H groups in total. The highest BCUT2D eigenvalue weighted by atomic mass is 32.1. The predicted octanol–water partition coefficient (Wildman–Crippen LogP) is 5.43. The van der Waals surface area contributed by atoms with Gasteiger partial charge in [-0.2, -0.15) is 0 Å². The van der Waals surface area contributed by atoms with E-state index >= 15 is 0 Å². The molecule has 0 amide bonds. The number of benzene rings is 1. The molecule has 2 heterocycles. The third-order valence-electron chi connectivity index (χ3n) is 3.59. The van der Waals surface area contributed by atoms with Crippen LogP contribution in [0.2, 0.25) is 0 Å². The van der Waals surface area contributed by atoms with Gasteiger partial charge >= 0.3 is 0 Å². The molecular weight excluding hydrogens is 320 g/mol. The maximum Gasteiger partial charge on any atom is 0.131 e. The van der Waals surface area contributed by atoms with Crippen LogP contribution in [0.15, 0.2) is 70.6 Å². The lowest BCUT2D eigenvalue weighted by Crippen LogP contribution is -2.10. The molecule has 4 nitrogen and oxygen atoms in total. The van der Waals surface area contributed by atoms with E-state index in [0.29, 0.717) is 6.61 Å². The molecule has 24 heavy (non-hydrogen) atoms. The molecule has 0 unspecified atom stereocenters. The van der Waals surface area contributed by atoms with Crippen molar-refractivity contribution in [2.75, 3.05) is 5.32 Å². The second-order valence-electron chi connectivity index (χ2n) is 5.37. The summed E-state index contributed by atoms with van der Waals surface area (Å²) in [6.45, 7) is 4.28. The van der Waals surface area contributed by atoms with Crippen LogP contribution in [0.5, 0.6) is 5.75 Å². The van der Waals surface area contributed by atoms with Crippen LogP contribution in [0.3, 0.4) is 0 Å². The van der Waals surface area contributed by atoms with E-state index in [4.69, 9.17) is 9.15 Å². The van der Waals surface area contributed by atoms with E-state index in [1.807, 2.05) is 53.4 Å². The summed E-state index contributed by atoms with van der Waals surface area (Å²) >= 11 is 1.57. The van der Waals surface area contributed by atoms with E-state index in [1.54, 1.807) is 17.6 Å². The molecular formula is C19H20N2O2S. The van der Waals surface area contributed by atoms with Gasteiger partial charge in [-0.3, -0.25) is 0 Å². The first kappa shape index (κ1) is 16.3. The molecule has 0 aliphatic heterocycles. The van der Waals surface area contributed by atoms with E-state index in [2.05, 4.69) is 16.9 Å². The van der Waals surface area contributed by atoms with Gasteiger partial charge in [0.25, 0.3) is 0 Å². The molecule has 124 valence electrons. The van der Waals surface area contributed by atoms with E-state index in [1.165, 1.54) is 0 Å². The van der Waals surface area contributed by atoms with Gasteiger partial charge in [0.2, 0.25) is 0 Å². The average molecular weight is 340 g/mol. The molecule has 0 aliphatic rings. The summed E-state index contributed by atoms with van der Waals surface area (Å²) in [5.41, 5.74) is 3.75. The number of nitrogens with one attached hydrogen (secondary N) is 1. The number of thiazole rings is 1. The Morgan fingerprint density at radius 1 is 1.33 bits per heavy atom. The average Bonchev–Trinajstić information content (AvgIpc) is 3.30. The summed E-state index contributed by atoms with van der Waals surface area (Å²) in [5, 5.41) is 5.51. The zero-order valence-electron chi connectivity index (χ0n) is 13.4. The van der Waals surface area contributed by atoms with Crippen LogP contribution in [-0.2, 0) is 6.61 Å². The van der Waals surface area contributed by atoms with Gasteiger partial charge < -0.3 is 14.5 Å². The maximum atomic E-state index is 5.81. The Labute approximate surface area is 145 Å². The van der Waals surface area contributed by atoms with E-state index in [-0.39, 0.29) is 6.04 Å². The molecule has 1 aromatic carbocycles. The van der Waals surface area contributed by atoms with Crippen molar-refractivity contribution in [2.45, 2.75) is 25.5 Å². The van der Waals surface area contributed by atoms with Crippen LogP contribution in [0.1, 0.15) is 30.3 Å². The van der Waals surface area contributed by atoms with Crippen molar-refractivity contribution in [1.29, 1.82) is 0 Å². The van der Waals surface area contributed by atoms with Crippen molar-refractivity contribution in [3.8, 4) is 5.75 Å². The van der Waals surface area contributed by atoms with Crippen molar-refractivity contribution in [2.24, 2.45) is 0 Å². The third-order valence-corrected chi connectivity index (χ3v) is 4.23. The number of allylic oxidation sites excluding steroid dienone is 1. The fourth-order valence-corrected chi connectivity index (χ4v) is 2.95. The van der Waals surface area contributed by atoms with Gasteiger partial charge in [-0.05, 0) is 37.1 Å². The van der Waals surface area contributed by atoms with Gasteiger partial charge in [-0.15, -0.1) is 17.9 Å². The van der Waals surface area contributed by atoms with Crippen molar-refractivity contribution < 1.29 is 9.15 Å². The highest BCUT2D eigenvalue weighted by molar-refractivity contribution is 7.07. The minimum Gasteiger partial charge on any atom is -0.487 e. The second kappa shape index (κ2) is 8.36. The standard InChI is InChI=1S/C19H20N2O2S/c1-2-3-8-18(19-9-5-10-22-19)21-15-6-4-7-17(11-15)23-12-16-13-24-14-20-16/h2,4-7,9-11,13-14,18,21H,1,3,8,12H2/t18-/m1/s1. The summed E-state index contributed by atoms with van der Waals surface area (Å²) in [5.74, 6) is 1.74. The van der Waals surface area contributed by atoms with E-state index < -0.39 is 0 Å². The molecule has 0 saturated heterocycles. The molecule has 0 saturated carbocycles. The van der Waals surface area contributed by atoms with Gasteiger partial charge in [0, 0.05) is 17.1 Å². The fraction of sp³-hybridized carbons (Fsp3) is 0.211. The number of furan rings is 1. The number of rotatable bonds is 9. The Kier molecular flexibility index (Phi) is 5.69. The molecule has 0 fully saturated rings. The van der Waals surface area contributed by atoms with Crippen LogP contribution in [-0.4, -0.2) is 4.98 Å². The van der Waals surface area contributed by atoms with E-state index in [0.717, 1.165) is 35.7 Å². The van der Waals surface area contributed by atoms with Crippen molar-refractivity contribution in [1.82, 2.24) is 4.98 Å². The van der Waals surface area contributed by atoms with Gasteiger partial charge in [-0.25, -0.2) is 4.98 Å². The fourth-order valence-electron chi connectivity index (χ4n) is 2.40. The molecule has 3 rings (SSSR count). The highest BCUT2D eigenvalue weighted by Gasteiger charge is 2.13. The smallest absolute Gasteiger partial charge is 0.131 e. The number of nitrogens with zero attached hydrogens (tertiary/aromatic N) is 1. The van der Waals surface area contributed by atoms with Crippen molar-refractivity contribution in [3.05, 3.63) is 77.7 Å². The Morgan fingerprint density at radius 2 is 2.29 bits per heavy atom. The zero-order valence-corrected chi connectivity index (χ0v) is 14.2. The van der Waals surface area contributed by atoms with Gasteiger partial charge in [0.1, 0.15) is 18.1 Å². The number of aromatic nitrogens is 1. The lowest BCUT2D eigenvalue weighted by atomic mass is 10.1. The summed E-state index contributed by atoms with van der Waals surface area (Å²) in [4.78, 5) is 4.23. The topological polar surface area (TPSA) is 47.3 Å². The normalized spacial score (nSPS) is 11.8. The minimum atomic E-state index is 0.104. The van der Waals surface area contributed by atoms with Crippen LogP contribution in [0.4, 0.5) is 5.69 Å². The van der Waals surface area contributed by atoms with Gasteiger partial charge in [-0.1, -0.05) is 12.1 Å². The van der Waals surface area contributed by atoms with Crippen LogP contribution in [0.25, 0.3) is 0 Å². The Bertz CT molecular complexity index is 739. The van der Waals surface area contributed by atoms with Gasteiger partial charge in [0.15, 0.2) is 0 Å². The molecule has 3 aromatic rings. The second-order valence-corrected chi connectivity index (χ2v) is 6.09. The largest absolute Gasteiger partial charge is 0.487 e. The van der Waals surface area contributed by atoms with Gasteiger partial charge in [0.05, 0.1) is 23.5 Å². The van der Waals surface area contributed by atoms with Crippen LogP contribution < -0.4 is 10.1 Å². The predicted molar refractivity (Wildman–Crippen MR) is 97.4 cm³/mol. The maximum absolute atomic E-state index is 5.81. The third kappa shape index (κ3) is 4.49. The number of anilines is 1. The quantitative estimate of drug-likeness (QED) is 0.527. The van der Waals surface area contributed by atoms with Crippen molar-refractivity contribution in [3.63, 3.8) is 0 Å². The Hall–Kier alpha value is -2.53. The molecule has 2 aromatic heterocycles. The molecule has 0 bridgehead atoms. The monoisotopic (exact) mass is 340 g/mol. The first-order valence-electron chi connectivity index (χ1n) is 7.86. The molecule has 0 radical (unpaired) electrons. The molecule has 5 heteroatoms. The molecule has 1 atom stereocenters. The lowest BCUT2D eigenvalue weighted by Gasteiger charge is -2.18. The zero-order chi connectivity index (χ0) is 16.6. The number of ether oxygens (including phenoxy) is 1. The first-order chi connectivity index (χ1) is 11.8. The van der Waals surface area contributed by atoms with E-state index in [9.17, 15) is 0 Å². The SMILES string of the molecule is C=CCC[C@@H](Nc1cccc(OCc2cscn2)c1)c1ccco1. The molecule has 0 spiro atoms. The Morgan fingerprint density at radius 3 is 3.04 bits per heavy atom. The summed E-state index contributed by atoms with van der Waals surface area (Å²) in [6.07, 6.45) is 5.45. The highest BCUT2D eigenvalue weighted by Crippen LogP contribution is 2.27. The molecule has 0 aliphatic carbocycles. The number of hydrogen-bond donors (Lipinski definition) is 1. The first-order valence-corrected chi connectivity index (χ1v) is 8.80. The minimum absolute atomic E-state index is 0.104.